The standard InChI is InChI=1S/C20H24O2/c1-21-19-13-7-11-17(15-19)9-5-3-4-6-10-18-12-8-14-20(16-18)22-2/h3-4,7-8,11-16H,5-6,9-10H2,1-2H3/b4-3+. The highest BCUT2D eigenvalue weighted by molar-refractivity contribution is 5.29. The molecule has 0 bridgehead atoms. The van der Waals surface area contributed by atoms with Crippen LogP contribution in [0.25, 0.3) is 0 Å². The molecule has 0 aromatic heterocycles. The van der Waals surface area contributed by atoms with Crippen LogP contribution in [0.1, 0.15) is 24.0 Å². The van der Waals surface area contributed by atoms with Gasteiger partial charge in [-0.2, -0.15) is 0 Å². The minimum atomic E-state index is 0.930. The Labute approximate surface area is 133 Å². The molecule has 0 radical (unpaired) electrons. The zero-order valence-corrected chi connectivity index (χ0v) is 13.4. The molecule has 0 N–H and O–H groups in total. The summed E-state index contributed by atoms with van der Waals surface area (Å²) in [6.45, 7) is 0. The molecule has 2 aromatic carbocycles. The molecule has 0 aliphatic heterocycles. The number of methoxy groups -OCH3 is 2. The summed E-state index contributed by atoms with van der Waals surface area (Å²) >= 11 is 0. The highest BCUT2D eigenvalue weighted by atomic mass is 16.5. The van der Waals surface area contributed by atoms with Gasteiger partial charge in [0.2, 0.25) is 0 Å². The molecule has 2 nitrogen and oxygen atoms in total. The molecule has 116 valence electrons. The number of benzene rings is 2. The Morgan fingerprint density at radius 1 is 0.727 bits per heavy atom. The van der Waals surface area contributed by atoms with Gasteiger partial charge in [0.15, 0.2) is 0 Å². The molecule has 22 heavy (non-hydrogen) atoms. The van der Waals surface area contributed by atoms with Gasteiger partial charge in [-0.1, -0.05) is 36.4 Å². The highest BCUT2D eigenvalue weighted by Crippen LogP contribution is 2.15. The monoisotopic (exact) mass is 296 g/mol. The van der Waals surface area contributed by atoms with Gasteiger partial charge in [0, 0.05) is 0 Å². The largest absolute Gasteiger partial charge is 0.497 e. The van der Waals surface area contributed by atoms with E-state index in [1.54, 1.807) is 14.2 Å². The maximum absolute atomic E-state index is 5.24. The number of allylic oxidation sites excluding steroid dienone is 2. The molecule has 0 amide bonds. The van der Waals surface area contributed by atoms with E-state index in [1.165, 1.54) is 11.1 Å². The van der Waals surface area contributed by atoms with Crippen LogP contribution in [0.15, 0.2) is 60.7 Å². The van der Waals surface area contributed by atoms with E-state index in [1.807, 2.05) is 24.3 Å². The van der Waals surface area contributed by atoms with Crippen molar-refractivity contribution in [3.63, 3.8) is 0 Å². The summed E-state index contributed by atoms with van der Waals surface area (Å²) in [5.41, 5.74) is 2.63. The van der Waals surface area contributed by atoms with Crippen LogP contribution in [0.5, 0.6) is 11.5 Å². The van der Waals surface area contributed by atoms with Gasteiger partial charge < -0.3 is 9.47 Å². The third-order valence-electron chi connectivity index (χ3n) is 3.63. The van der Waals surface area contributed by atoms with Gasteiger partial charge in [0.05, 0.1) is 14.2 Å². The lowest BCUT2D eigenvalue weighted by Crippen LogP contribution is -1.88. The summed E-state index contributed by atoms with van der Waals surface area (Å²) < 4.78 is 10.5. The number of ether oxygens (including phenoxy) is 2. The first-order valence-corrected chi connectivity index (χ1v) is 7.72. The van der Waals surface area contributed by atoms with Crippen LogP contribution in [0, 0.1) is 0 Å². The second-order valence-electron chi connectivity index (χ2n) is 5.25. The fourth-order valence-corrected chi connectivity index (χ4v) is 2.39. The number of aryl methyl sites for hydroxylation is 2. The second kappa shape index (κ2) is 8.93. The maximum atomic E-state index is 5.24. The van der Waals surface area contributed by atoms with E-state index in [2.05, 4.69) is 36.4 Å². The van der Waals surface area contributed by atoms with E-state index < -0.39 is 0 Å². The third-order valence-corrected chi connectivity index (χ3v) is 3.63. The molecule has 0 unspecified atom stereocenters. The van der Waals surface area contributed by atoms with Gasteiger partial charge in [0.1, 0.15) is 11.5 Å². The number of rotatable bonds is 8. The van der Waals surface area contributed by atoms with Crippen molar-refractivity contribution in [2.24, 2.45) is 0 Å². The number of hydrogen-bond donors (Lipinski definition) is 0. The summed E-state index contributed by atoms with van der Waals surface area (Å²) in [5.74, 6) is 1.86. The van der Waals surface area contributed by atoms with Gasteiger partial charge >= 0.3 is 0 Å². The lowest BCUT2D eigenvalue weighted by Gasteiger charge is -2.03. The molecule has 0 fully saturated rings. The Morgan fingerprint density at radius 2 is 1.18 bits per heavy atom. The summed E-state index contributed by atoms with van der Waals surface area (Å²) in [6, 6.07) is 16.5. The third kappa shape index (κ3) is 5.28. The fraction of sp³-hybridized carbons (Fsp3) is 0.300. The lowest BCUT2D eigenvalue weighted by molar-refractivity contribution is 0.414. The Bertz CT molecular complexity index is 549. The van der Waals surface area contributed by atoms with E-state index in [4.69, 9.17) is 9.47 Å². The van der Waals surface area contributed by atoms with Crippen LogP contribution in [0.2, 0.25) is 0 Å². The Hall–Kier alpha value is -2.22. The minimum Gasteiger partial charge on any atom is -0.497 e. The number of hydrogen-bond acceptors (Lipinski definition) is 2. The summed E-state index contributed by atoms with van der Waals surface area (Å²) in [5, 5.41) is 0. The van der Waals surface area contributed by atoms with Crippen molar-refractivity contribution >= 4 is 0 Å². The van der Waals surface area contributed by atoms with E-state index >= 15 is 0 Å². The first kappa shape index (κ1) is 16.2. The Kier molecular flexibility index (Phi) is 6.56. The lowest BCUT2D eigenvalue weighted by atomic mass is 10.1. The predicted octanol–water partition coefficient (Wildman–Crippen LogP) is 4.83. The van der Waals surface area contributed by atoms with Crippen molar-refractivity contribution in [2.45, 2.75) is 25.7 Å². The smallest absolute Gasteiger partial charge is 0.119 e. The molecule has 0 atom stereocenters. The molecule has 0 aliphatic rings. The quantitative estimate of drug-likeness (QED) is 0.650. The first-order valence-electron chi connectivity index (χ1n) is 7.72. The van der Waals surface area contributed by atoms with Crippen molar-refractivity contribution in [1.82, 2.24) is 0 Å². The molecule has 0 aliphatic carbocycles. The predicted molar refractivity (Wildman–Crippen MR) is 91.8 cm³/mol. The van der Waals surface area contributed by atoms with Crippen LogP contribution in [0.3, 0.4) is 0 Å². The van der Waals surface area contributed by atoms with Crippen LogP contribution < -0.4 is 9.47 Å². The molecule has 2 heteroatoms. The average molecular weight is 296 g/mol. The molecular weight excluding hydrogens is 272 g/mol. The maximum Gasteiger partial charge on any atom is 0.119 e. The summed E-state index contributed by atoms with van der Waals surface area (Å²) in [7, 11) is 3.41. The van der Waals surface area contributed by atoms with Gasteiger partial charge in [-0.25, -0.2) is 0 Å². The normalized spacial score (nSPS) is 10.8. The summed E-state index contributed by atoms with van der Waals surface area (Å²) in [6.07, 6.45) is 8.75. The van der Waals surface area contributed by atoms with E-state index in [-0.39, 0.29) is 0 Å². The van der Waals surface area contributed by atoms with E-state index in [0.717, 1.165) is 37.2 Å². The Morgan fingerprint density at radius 3 is 1.59 bits per heavy atom. The van der Waals surface area contributed by atoms with Crippen molar-refractivity contribution in [3.8, 4) is 11.5 Å². The molecule has 0 saturated carbocycles. The first-order chi connectivity index (χ1) is 10.8. The van der Waals surface area contributed by atoms with Gasteiger partial charge in [0.25, 0.3) is 0 Å². The molecule has 2 rings (SSSR count). The average Bonchev–Trinajstić information content (AvgIpc) is 2.58. The SMILES string of the molecule is COc1cccc(CC/C=C/CCc2cccc(OC)c2)c1. The van der Waals surface area contributed by atoms with E-state index in [0.29, 0.717) is 0 Å². The van der Waals surface area contributed by atoms with Crippen LogP contribution in [-0.4, -0.2) is 14.2 Å². The molecular formula is C20H24O2. The Balaban J connectivity index is 1.71. The van der Waals surface area contributed by atoms with Crippen LogP contribution >= 0.6 is 0 Å². The molecule has 2 aromatic rings. The highest BCUT2D eigenvalue weighted by Gasteiger charge is 1.96. The molecule has 0 saturated heterocycles. The van der Waals surface area contributed by atoms with Crippen molar-refractivity contribution in [1.29, 1.82) is 0 Å². The molecule has 0 spiro atoms. The zero-order valence-electron chi connectivity index (χ0n) is 13.4. The van der Waals surface area contributed by atoms with Gasteiger partial charge in [-0.3, -0.25) is 0 Å². The van der Waals surface area contributed by atoms with E-state index in [9.17, 15) is 0 Å². The summed E-state index contributed by atoms with van der Waals surface area (Å²) in [4.78, 5) is 0. The van der Waals surface area contributed by atoms with Crippen LogP contribution in [-0.2, 0) is 12.8 Å². The second-order valence-corrected chi connectivity index (χ2v) is 5.25. The van der Waals surface area contributed by atoms with Crippen molar-refractivity contribution in [2.75, 3.05) is 14.2 Å². The van der Waals surface area contributed by atoms with Crippen LogP contribution in [0.4, 0.5) is 0 Å². The van der Waals surface area contributed by atoms with Crippen molar-refractivity contribution < 1.29 is 9.47 Å². The van der Waals surface area contributed by atoms with Gasteiger partial charge in [-0.05, 0) is 61.1 Å². The minimum absolute atomic E-state index is 0.930. The van der Waals surface area contributed by atoms with Gasteiger partial charge in [-0.15, -0.1) is 0 Å². The molecule has 0 heterocycles. The zero-order chi connectivity index (χ0) is 15.6. The van der Waals surface area contributed by atoms with Crippen molar-refractivity contribution in [3.05, 3.63) is 71.8 Å². The topological polar surface area (TPSA) is 18.5 Å². The fourth-order valence-electron chi connectivity index (χ4n) is 2.39.